The third-order valence-corrected chi connectivity index (χ3v) is 9.19. The van der Waals surface area contributed by atoms with Crippen molar-refractivity contribution >= 4 is 21.2 Å². The van der Waals surface area contributed by atoms with E-state index in [-0.39, 0.29) is 31.7 Å². The van der Waals surface area contributed by atoms with Crippen LogP contribution in [0.25, 0.3) is 0 Å². The highest BCUT2D eigenvalue weighted by molar-refractivity contribution is 7.90. The van der Waals surface area contributed by atoms with Gasteiger partial charge in [0.25, 0.3) is 0 Å². The van der Waals surface area contributed by atoms with Crippen molar-refractivity contribution in [2.24, 2.45) is 5.92 Å². The molecule has 0 spiro atoms. The molecule has 2 aliphatic heterocycles. The van der Waals surface area contributed by atoms with E-state index >= 15 is 4.39 Å². The number of rotatable bonds is 5. The zero-order valence-electron chi connectivity index (χ0n) is 18.3. The van der Waals surface area contributed by atoms with Gasteiger partial charge in [0.1, 0.15) is 27.2 Å². The minimum atomic E-state index is -4.31. The minimum Gasteiger partial charge on any atom is -0.493 e. The van der Waals surface area contributed by atoms with E-state index in [1.165, 1.54) is 18.5 Å². The summed E-state index contributed by atoms with van der Waals surface area (Å²) < 4.78 is 87.2. The van der Waals surface area contributed by atoms with E-state index in [0.29, 0.717) is 22.7 Å². The molecule has 3 atom stereocenters. The Kier molecular flexibility index (Phi) is 6.34. The van der Waals surface area contributed by atoms with Gasteiger partial charge >= 0.3 is 6.18 Å². The topological polar surface area (TPSA) is 88.2 Å². The second kappa shape index (κ2) is 9.17. The molecule has 3 aromatic rings. The number of aromatic amines is 1. The van der Waals surface area contributed by atoms with Gasteiger partial charge in [0.05, 0.1) is 24.3 Å². The standard InChI is InChI=1S/C22H22F4N4O3S2/c23-15-10-14-17(30-6-2-13(22(24,25)26)9-18(30)16-1-4-28-29-16)3-7-33-19(14)11-20(15)35(31,32)12-21-27-5-8-34-21/h1,4-5,8,10-11,13,17-18H,2-3,6-7,9,12H2,(H,28,29)/t13-,17-,18+/m0/s1. The van der Waals surface area contributed by atoms with Crippen LogP contribution >= 0.6 is 11.3 Å². The number of likely N-dealkylation sites (tertiary alicyclic amines) is 1. The van der Waals surface area contributed by atoms with E-state index in [2.05, 4.69) is 15.2 Å². The molecule has 1 N–H and O–H groups in total. The molecule has 0 unspecified atom stereocenters. The van der Waals surface area contributed by atoms with Gasteiger partial charge in [-0.3, -0.25) is 10.00 Å². The second-order valence-corrected chi connectivity index (χ2v) is 11.6. The number of halogens is 4. The van der Waals surface area contributed by atoms with Gasteiger partial charge in [0.15, 0.2) is 9.84 Å². The Labute approximate surface area is 203 Å². The normalized spacial score (nSPS) is 23.6. The summed E-state index contributed by atoms with van der Waals surface area (Å²) in [4.78, 5) is 5.40. The molecule has 35 heavy (non-hydrogen) atoms. The molecule has 2 aliphatic rings. The van der Waals surface area contributed by atoms with Crippen LogP contribution in [0.2, 0.25) is 0 Å². The van der Waals surface area contributed by atoms with E-state index in [1.807, 2.05) is 4.90 Å². The van der Waals surface area contributed by atoms with Crippen LogP contribution in [-0.2, 0) is 15.6 Å². The third-order valence-electron chi connectivity index (χ3n) is 6.59. The number of fused-ring (bicyclic) bond motifs is 1. The smallest absolute Gasteiger partial charge is 0.391 e. The number of thiazole rings is 1. The van der Waals surface area contributed by atoms with Crippen molar-refractivity contribution in [1.29, 1.82) is 0 Å². The van der Waals surface area contributed by atoms with Gasteiger partial charge < -0.3 is 4.74 Å². The van der Waals surface area contributed by atoms with Crippen molar-refractivity contribution in [3.05, 3.63) is 58.1 Å². The lowest BCUT2D eigenvalue weighted by Crippen LogP contribution is -2.44. The van der Waals surface area contributed by atoms with Gasteiger partial charge in [-0.25, -0.2) is 17.8 Å². The summed E-state index contributed by atoms with van der Waals surface area (Å²) in [5.41, 5.74) is 0.979. The summed E-state index contributed by atoms with van der Waals surface area (Å²) in [6.45, 7) is 0.369. The predicted octanol–water partition coefficient (Wildman–Crippen LogP) is 4.82. The van der Waals surface area contributed by atoms with Crippen LogP contribution in [0.3, 0.4) is 0 Å². The van der Waals surface area contributed by atoms with Gasteiger partial charge in [-0.1, -0.05) is 0 Å². The van der Waals surface area contributed by atoms with E-state index in [9.17, 15) is 21.6 Å². The molecule has 1 saturated heterocycles. The Morgan fingerprint density at radius 3 is 2.71 bits per heavy atom. The van der Waals surface area contributed by atoms with Gasteiger partial charge in [-0.15, -0.1) is 11.3 Å². The maximum Gasteiger partial charge on any atom is 0.391 e. The molecule has 0 amide bonds. The molecule has 2 aromatic heterocycles. The first-order chi connectivity index (χ1) is 16.6. The average molecular weight is 531 g/mol. The molecule has 0 aliphatic carbocycles. The van der Waals surface area contributed by atoms with Crippen LogP contribution in [0.1, 0.15) is 47.6 Å². The van der Waals surface area contributed by atoms with Crippen LogP contribution in [-0.4, -0.2) is 47.8 Å². The molecule has 13 heteroatoms. The van der Waals surface area contributed by atoms with Crippen LogP contribution in [0.4, 0.5) is 17.6 Å². The number of hydrogen-bond acceptors (Lipinski definition) is 7. The summed E-state index contributed by atoms with van der Waals surface area (Å²) in [5.74, 6) is -2.58. The first-order valence-corrected chi connectivity index (χ1v) is 13.6. The fourth-order valence-corrected chi connectivity index (χ4v) is 7.27. The highest BCUT2D eigenvalue weighted by Gasteiger charge is 2.47. The lowest BCUT2D eigenvalue weighted by molar-refractivity contribution is -0.192. The molecule has 1 aromatic carbocycles. The number of sulfone groups is 1. The van der Waals surface area contributed by atoms with Crippen LogP contribution in [0.15, 0.2) is 40.9 Å². The number of piperidine rings is 1. The number of nitrogens with one attached hydrogen (secondary N) is 1. The van der Waals surface area contributed by atoms with Crippen LogP contribution < -0.4 is 4.74 Å². The largest absolute Gasteiger partial charge is 0.493 e. The molecule has 0 saturated carbocycles. The number of H-pyrrole nitrogens is 1. The van der Waals surface area contributed by atoms with E-state index in [4.69, 9.17) is 4.74 Å². The Balaban J connectivity index is 1.48. The Hall–Kier alpha value is -2.51. The number of benzene rings is 1. The van der Waals surface area contributed by atoms with Gasteiger partial charge in [-0.05, 0) is 25.0 Å². The number of ether oxygens (including phenoxy) is 1. The summed E-state index contributed by atoms with van der Waals surface area (Å²) in [6.07, 6.45) is -1.15. The van der Waals surface area contributed by atoms with Crippen molar-refractivity contribution < 1.29 is 30.7 Å². The molecular weight excluding hydrogens is 508 g/mol. The average Bonchev–Trinajstić information content (AvgIpc) is 3.51. The number of hydrogen-bond donors (Lipinski definition) is 1. The first kappa shape index (κ1) is 24.2. The molecular formula is C22H22F4N4O3S2. The van der Waals surface area contributed by atoms with E-state index in [0.717, 1.165) is 17.4 Å². The molecule has 1 fully saturated rings. The fourth-order valence-electron chi connectivity index (χ4n) is 4.93. The lowest BCUT2D eigenvalue weighted by atomic mass is 9.85. The van der Waals surface area contributed by atoms with Crippen molar-refractivity contribution in [2.75, 3.05) is 13.2 Å². The molecule has 5 rings (SSSR count). The quantitative estimate of drug-likeness (QED) is 0.476. The van der Waals surface area contributed by atoms with Crippen molar-refractivity contribution in [1.82, 2.24) is 20.1 Å². The summed E-state index contributed by atoms with van der Waals surface area (Å²) in [6, 6.07) is 2.93. The SMILES string of the molecule is O=S(=O)(Cc1nccs1)c1cc2c(cc1F)[C@@H](N1CC[C@H](C(F)(F)F)C[C@@H]1c1ccn[nH]1)CCO2. The highest BCUT2D eigenvalue weighted by atomic mass is 32.2. The number of nitrogens with zero attached hydrogens (tertiary/aromatic N) is 3. The fraction of sp³-hybridized carbons (Fsp3) is 0.455. The highest BCUT2D eigenvalue weighted by Crippen LogP contribution is 2.48. The van der Waals surface area contributed by atoms with Gasteiger partial charge in [0, 0.05) is 48.4 Å². The molecule has 0 bridgehead atoms. The van der Waals surface area contributed by atoms with Crippen molar-refractivity contribution in [2.45, 2.75) is 48.2 Å². The summed E-state index contributed by atoms with van der Waals surface area (Å²) in [5, 5.41) is 8.67. The number of alkyl halides is 3. The second-order valence-electron chi connectivity index (χ2n) is 8.69. The van der Waals surface area contributed by atoms with Crippen LogP contribution in [0.5, 0.6) is 5.75 Å². The molecule has 0 radical (unpaired) electrons. The minimum absolute atomic E-state index is 0.0798. The Morgan fingerprint density at radius 2 is 2.03 bits per heavy atom. The summed E-state index contributed by atoms with van der Waals surface area (Å²) >= 11 is 1.16. The predicted molar refractivity (Wildman–Crippen MR) is 119 cm³/mol. The Bertz CT molecular complexity index is 1280. The van der Waals surface area contributed by atoms with E-state index in [1.54, 1.807) is 11.4 Å². The molecule has 4 heterocycles. The first-order valence-electron chi connectivity index (χ1n) is 11.0. The van der Waals surface area contributed by atoms with E-state index < -0.39 is 50.5 Å². The van der Waals surface area contributed by atoms with Crippen molar-refractivity contribution in [3.8, 4) is 5.75 Å². The molecule has 7 nitrogen and oxygen atoms in total. The summed E-state index contributed by atoms with van der Waals surface area (Å²) in [7, 11) is -4.02. The monoisotopic (exact) mass is 530 g/mol. The maximum atomic E-state index is 15.2. The number of aromatic nitrogens is 3. The van der Waals surface area contributed by atoms with Gasteiger partial charge in [-0.2, -0.15) is 18.3 Å². The third kappa shape index (κ3) is 4.81. The maximum absolute atomic E-state index is 15.2. The zero-order valence-corrected chi connectivity index (χ0v) is 20.0. The zero-order chi connectivity index (χ0) is 24.8. The van der Waals surface area contributed by atoms with Crippen molar-refractivity contribution in [3.63, 3.8) is 0 Å². The molecule has 188 valence electrons. The van der Waals surface area contributed by atoms with Gasteiger partial charge in [0.2, 0.25) is 0 Å². The lowest BCUT2D eigenvalue weighted by Gasteiger charge is -2.45. The Morgan fingerprint density at radius 1 is 1.20 bits per heavy atom. The van der Waals surface area contributed by atoms with Crippen LogP contribution in [0, 0.1) is 11.7 Å².